The molecule has 0 saturated heterocycles. The molecule has 16 heteroatoms. The molecule has 16 nitrogen and oxygen atoms in total. The Kier molecular flexibility index (Phi) is 13.1. The number of alkyl carbamates (subject to hydrolysis) is 1. The normalized spacial score (nSPS) is 11.4. The van der Waals surface area contributed by atoms with Gasteiger partial charge in [-0.3, -0.25) is 19.0 Å². The van der Waals surface area contributed by atoms with Crippen LogP contribution in [0.2, 0.25) is 0 Å². The second-order valence-corrected chi connectivity index (χ2v) is 11.3. The van der Waals surface area contributed by atoms with Crippen LogP contribution in [0.5, 0.6) is 0 Å². The summed E-state index contributed by atoms with van der Waals surface area (Å²) in [5.74, 6) is -1.31. The zero-order valence-electron chi connectivity index (χ0n) is 27.3. The van der Waals surface area contributed by atoms with E-state index in [1.807, 2.05) is 30.3 Å². The lowest BCUT2D eigenvalue weighted by atomic mass is 10.1. The highest BCUT2D eigenvalue weighted by atomic mass is 16.5. The van der Waals surface area contributed by atoms with Gasteiger partial charge in [-0.05, 0) is 48.9 Å². The molecule has 0 bridgehead atoms. The van der Waals surface area contributed by atoms with E-state index >= 15 is 0 Å². The SMILES string of the molecule is CCCCNc1nc(N)c2[nH]c(=O)n(Cc3ccc(C(=O)NCC(=O)NC(CCCCNC(=O)OCc4ccccc4)C(N)=O)cc3)c2n1. The van der Waals surface area contributed by atoms with Crippen molar-refractivity contribution in [2.24, 2.45) is 5.73 Å². The summed E-state index contributed by atoms with van der Waals surface area (Å²) in [4.78, 5) is 73.0. The minimum absolute atomic E-state index is 0.156. The molecule has 0 aliphatic heterocycles. The van der Waals surface area contributed by atoms with Crippen LogP contribution in [0.15, 0.2) is 59.4 Å². The lowest BCUT2D eigenvalue weighted by Crippen LogP contribution is -2.48. The van der Waals surface area contributed by atoms with Gasteiger partial charge in [-0.1, -0.05) is 55.8 Å². The maximum absolute atomic E-state index is 12.7. The standard InChI is InChI=1S/C33H42N10O6/c1-2-3-16-36-31-41-27(34)26-29(42-31)43(32(47)40-26)19-21-12-14-23(15-13-21)30(46)38-18-25(44)39-24(28(35)45)11-7-8-17-37-33(48)49-20-22-9-5-4-6-10-22/h4-6,9-10,12-15,24H,2-3,7-8,11,16-20H2,1H3,(H2,35,45)(H,37,48)(H,38,46)(H,39,44)(H,40,47)(H3,34,36,41,42). The number of imidazole rings is 1. The Morgan fingerprint density at radius 1 is 0.939 bits per heavy atom. The Morgan fingerprint density at radius 2 is 1.69 bits per heavy atom. The molecule has 1 unspecified atom stereocenters. The van der Waals surface area contributed by atoms with Crippen LogP contribution in [0, 0.1) is 0 Å². The number of nitrogen functional groups attached to an aromatic ring is 1. The largest absolute Gasteiger partial charge is 0.445 e. The second kappa shape index (κ2) is 17.8. The number of aromatic nitrogens is 4. The number of anilines is 2. The molecular formula is C33H42N10O6. The molecule has 1 atom stereocenters. The van der Waals surface area contributed by atoms with E-state index < -0.39 is 35.5 Å². The van der Waals surface area contributed by atoms with Gasteiger partial charge in [-0.15, -0.1) is 0 Å². The fourth-order valence-corrected chi connectivity index (χ4v) is 4.83. The lowest BCUT2D eigenvalue weighted by Gasteiger charge is -2.16. The molecule has 0 aliphatic carbocycles. The number of carbonyl (C=O) groups is 4. The number of amides is 4. The van der Waals surface area contributed by atoms with E-state index in [2.05, 4.69) is 43.1 Å². The average molecular weight is 675 g/mol. The Hall–Kier alpha value is -5.93. The molecule has 260 valence electrons. The first-order chi connectivity index (χ1) is 23.6. The van der Waals surface area contributed by atoms with Crippen molar-refractivity contribution in [1.29, 1.82) is 0 Å². The summed E-state index contributed by atoms with van der Waals surface area (Å²) in [5, 5.41) is 10.8. The van der Waals surface area contributed by atoms with Crippen molar-refractivity contribution in [3.05, 3.63) is 81.8 Å². The van der Waals surface area contributed by atoms with Crippen molar-refractivity contribution >= 4 is 46.7 Å². The predicted molar refractivity (Wildman–Crippen MR) is 183 cm³/mol. The van der Waals surface area contributed by atoms with Gasteiger partial charge < -0.3 is 42.5 Å². The highest BCUT2D eigenvalue weighted by Gasteiger charge is 2.19. The van der Waals surface area contributed by atoms with Crippen molar-refractivity contribution in [3.8, 4) is 0 Å². The Bertz CT molecular complexity index is 1790. The van der Waals surface area contributed by atoms with E-state index in [9.17, 15) is 24.0 Å². The first-order valence-electron chi connectivity index (χ1n) is 16.0. The topological polar surface area (TPSA) is 241 Å². The van der Waals surface area contributed by atoms with Crippen molar-refractivity contribution in [2.75, 3.05) is 30.7 Å². The van der Waals surface area contributed by atoms with E-state index in [-0.39, 0.29) is 37.5 Å². The summed E-state index contributed by atoms with van der Waals surface area (Å²) < 4.78 is 6.59. The molecular weight excluding hydrogens is 632 g/mol. The smallest absolute Gasteiger partial charge is 0.407 e. The van der Waals surface area contributed by atoms with Crippen LogP contribution in [-0.4, -0.2) is 69.0 Å². The fourth-order valence-electron chi connectivity index (χ4n) is 4.83. The number of aromatic amines is 1. The molecule has 4 amide bonds. The summed E-state index contributed by atoms with van der Waals surface area (Å²) >= 11 is 0. The van der Waals surface area contributed by atoms with Crippen LogP contribution in [0.25, 0.3) is 11.2 Å². The van der Waals surface area contributed by atoms with Crippen molar-refractivity contribution in [2.45, 2.75) is 58.2 Å². The zero-order valence-corrected chi connectivity index (χ0v) is 27.3. The number of hydrogen-bond acceptors (Lipinski definition) is 10. The highest BCUT2D eigenvalue weighted by molar-refractivity contribution is 5.97. The fraction of sp³-hybridized carbons (Fsp3) is 0.364. The Morgan fingerprint density at radius 3 is 2.41 bits per heavy atom. The molecule has 0 spiro atoms. The number of ether oxygens (including phenoxy) is 1. The third kappa shape index (κ3) is 10.8. The number of hydrogen-bond donors (Lipinski definition) is 7. The summed E-state index contributed by atoms with van der Waals surface area (Å²) in [6.45, 7) is 3.00. The molecule has 4 aromatic rings. The number of primary amides is 1. The molecule has 0 radical (unpaired) electrons. The van der Waals surface area contributed by atoms with Gasteiger partial charge >= 0.3 is 11.8 Å². The zero-order chi connectivity index (χ0) is 35.2. The summed E-state index contributed by atoms with van der Waals surface area (Å²) in [6, 6.07) is 14.9. The lowest BCUT2D eigenvalue weighted by molar-refractivity contribution is -0.126. The third-order valence-electron chi connectivity index (χ3n) is 7.51. The Labute approximate surface area is 282 Å². The van der Waals surface area contributed by atoms with Gasteiger partial charge in [0.05, 0.1) is 13.1 Å². The highest BCUT2D eigenvalue weighted by Crippen LogP contribution is 2.18. The van der Waals surface area contributed by atoms with Crippen LogP contribution in [0.4, 0.5) is 16.6 Å². The van der Waals surface area contributed by atoms with E-state index in [1.165, 1.54) is 4.57 Å². The summed E-state index contributed by atoms with van der Waals surface area (Å²) in [7, 11) is 0. The van der Waals surface area contributed by atoms with E-state index in [1.54, 1.807) is 24.3 Å². The van der Waals surface area contributed by atoms with Crippen LogP contribution in [0.1, 0.15) is 60.5 Å². The van der Waals surface area contributed by atoms with Gasteiger partial charge in [0.15, 0.2) is 11.5 Å². The second-order valence-electron chi connectivity index (χ2n) is 11.3. The number of H-pyrrole nitrogens is 1. The van der Waals surface area contributed by atoms with E-state index in [4.69, 9.17) is 16.2 Å². The number of carbonyl (C=O) groups excluding carboxylic acids is 4. The minimum atomic E-state index is -0.939. The van der Waals surface area contributed by atoms with Crippen LogP contribution in [0.3, 0.4) is 0 Å². The molecule has 0 fully saturated rings. The maximum Gasteiger partial charge on any atom is 0.407 e. The number of unbranched alkanes of at least 4 members (excludes halogenated alkanes) is 2. The van der Waals surface area contributed by atoms with Gasteiger partial charge in [-0.2, -0.15) is 9.97 Å². The first-order valence-corrected chi connectivity index (χ1v) is 16.0. The quantitative estimate of drug-likeness (QED) is 0.0754. The minimum Gasteiger partial charge on any atom is -0.445 e. The van der Waals surface area contributed by atoms with Crippen molar-refractivity contribution in [1.82, 2.24) is 35.5 Å². The van der Waals surface area contributed by atoms with Gasteiger partial charge in [0.2, 0.25) is 17.8 Å². The molecule has 4 rings (SSSR count). The first kappa shape index (κ1) is 35.9. The van der Waals surface area contributed by atoms with Crippen molar-refractivity contribution in [3.63, 3.8) is 0 Å². The molecule has 2 aromatic heterocycles. The Balaban J connectivity index is 1.20. The van der Waals surface area contributed by atoms with Gasteiger partial charge in [0.1, 0.15) is 18.2 Å². The number of nitrogens with one attached hydrogen (secondary N) is 5. The van der Waals surface area contributed by atoms with Gasteiger partial charge in [0, 0.05) is 18.7 Å². The number of nitrogens with zero attached hydrogens (tertiary/aromatic N) is 3. The van der Waals surface area contributed by atoms with E-state index in [0.717, 1.165) is 24.0 Å². The number of rotatable bonds is 18. The third-order valence-corrected chi connectivity index (χ3v) is 7.51. The predicted octanol–water partition coefficient (Wildman–Crippen LogP) is 1.76. The molecule has 9 N–H and O–H groups in total. The molecule has 2 heterocycles. The van der Waals surface area contributed by atoms with Crippen molar-refractivity contribution < 1.29 is 23.9 Å². The van der Waals surface area contributed by atoms with E-state index in [0.29, 0.717) is 43.0 Å². The van der Waals surface area contributed by atoms with Crippen LogP contribution >= 0.6 is 0 Å². The molecule has 0 saturated carbocycles. The number of fused-ring (bicyclic) bond motifs is 1. The monoisotopic (exact) mass is 674 g/mol. The number of nitrogens with two attached hydrogens (primary N) is 2. The molecule has 0 aliphatic rings. The maximum atomic E-state index is 12.7. The van der Waals surface area contributed by atoms with Gasteiger partial charge in [0.25, 0.3) is 5.91 Å². The summed E-state index contributed by atoms with van der Waals surface area (Å²) in [6.07, 6.45) is 2.65. The average Bonchev–Trinajstić information content (AvgIpc) is 3.41. The molecule has 49 heavy (non-hydrogen) atoms. The van der Waals surface area contributed by atoms with Crippen LogP contribution in [-0.2, 0) is 27.5 Å². The number of benzene rings is 2. The van der Waals surface area contributed by atoms with Crippen LogP contribution < -0.4 is 38.4 Å². The summed E-state index contributed by atoms with van der Waals surface area (Å²) in [5.41, 5.74) is 13.7. The van der Waals surface area contributed by atoms with Gasteiger partial charge in [-0.25, -0.2) is 9.59 Å². The molecule has 2 aromatic carbocycles.